The van der Waals surface area contributed by atoms with Gasteiger partial charge in [0.05, 0.1) is 25.6 Å². The number of para-hydroxylation sites is 1. The predicted molar refractivity (Wildman–Crippen MR) is 103 cm³/mol. The lowest BCUT2D eigenvalue weighted by atomic mass is 10.1. The molecule has 0 bridgehead atoms. The fourth-order valence-electron chi connectivity index (χ4n) is 2.12. The second-order valence-electron chi connectivity index (χ2n) is 5.06. The summed E-state index contributed by atoms with van der Waals surface area (Å²) in [5.74, 6) is -0.972. The van der Waals surface area contributed by atoms with Crippen LogP contribution in [-0.4, -0.2) is 21.1 Å². The summed E-state index contributed by atoms with van der Waals surface area (Å²) in [5.41, 5.74) is 0.449. The first-order chi connectivity index (χ1) is 12.3. The van der Waals surface area contributed by atoms with Gasteiger partial charge in [-0.3, -0.25) is 14.9 Å². The van der Waals surface area contributed by atoms with Crippen molar-refractivity contribution < 1.29 is 14.8 Å². The van der Waals surface area contributed by atoms with Crippen molar-refractivity contribution in [1.29, 1.82) is 0 Å². The molecule has 0 radical (unpaired) electrons. The minimum Gasteiger partial charge on any atom is -0.502 e. The largest absolute Gasteiger partial charge is 0.502 e. The Labute approximate surface area is 161 Å². The molecule has 1 amide bonds. The van der Waals surface area contributed by atoms with Gasteiger partial charge in [-0.1, -0.05) is 29.3 Å². The second-order valence-corrected chi connectivity index (χ2v) is 6.90. The number of hydrogen-bond acceptors (Lipinski definition) is 6. The number of nitro groups is 1. The highest BCUT2D eigenvalue weighted by Crippen LogP contribution is 2.35. The average Bonchev–Trinajstić information content (AvgIpc) is 2.90. The van der Waals surface area contributed by atoms with Gasteiger partial charge in [-0.2, -0.15) is 4.99 Å². The number of anilines is 1. The first-order valence-corrected chi connectivity index (χ1v) is 8.63. The lowest BCUT2D eigenvalue weighted by Crippen LogP contribution is -2.05. The Hall–Kier alpha value is -2.55. The molecule has 0 atom stereocenters. The zero-order valence-corrected chi connectivity index (χ0v) is 15.1. The predicted octanol–water partition coefficient (Wildman–Crippen LogP) is 4.69. The van der Waals surface area contributed by atoms with Crippen molar-refractivity contribution >= 4 is 63.5 Å². The van der Waals surface area contributed by atoms with Gasteiger partial charge >= 0.3 is 5.69 Å². The number of phenols is 1. The summed E-state index contributed by atoms with van der Waals surface area (Å²) in [6.07, 6.45) is 1.48. The molecule has 10 heteroatoms. The molecule has 0 unspecified atom stereocenters. The number of amidine groups is 1. The zero-order valence-electron chi connectivity index (χ0n) is 12.8. The molecular formula is C16H9Cl2N3O4S. The van der Waals surface area contributed by atoms with E-state index in [1.165, 1.54) is 18.2 Å². The number of aromatic hydroxyl groups is 1. The molecule has 1 aliphatic rings. The van der Waals surface area contributed by atoms with Gasteiger partial charge in [0, 0.05) is 6.07 Å². The summed E-state index contributed by atoms with van der Waals surface area (Å²) >= 11 is 13.2. The molecule has 7 nitrogen and oxygen atoms in total. The summed E-state index contributed by atoms with van der Waals surface area (Å²) in [5, 5.41) is 24.4. The van der Waals surface area contributed by atoms with Crippen LogP contribution in [0.25, 0.3) is 6.08 Å². The molecule has 1 heterocycles. The van der Waals surface area contributed by atoms with Crippen molar-refractivity contribution in [3.63, 3.8) is 0 Å². The van der Waals surface area contributed by atoms with Crippen LogP contribution < -0.4 is 5.32 Å². The Balaban J connectivity index is 1.81. The zero-order chi connectivity index (χ0) is 18.8. The summed E-state index contributed by atoms with van der Waals surface area (Å²) < 4.78 is 0. The average molecular weight is 410 g/mol. The number of hydrogen-bond donors (Lipinski definition) is 2. The number of amides is 1. The van der Waals surface area contributed by atoms with E-state index in [0.29, 0.717) is 26.5 Å². The lowest BCUT2D eigenvalue weighted by molar-refractivity contribution is -0.385. The molecule has 0 saturated carbocycles. The number of nitrogens with one attached hydrogen (secondary N) is 1. The third-order valence-electron chi connectivity index (χ3n) is 3.31. The summed E-state index contributed by atoms with van der Waals surface area (Å²) in [6, 6.07) is 8.78. The maximum Gasteiger partial charge on any atom is 0.310 e. The van der Waals surface area contributed by atoms with Crippen LogP contribution in [0.5, 0.6) is 5.75 Å². The van der Waals surface area contributed by atoms with Crippen molar-refractivity contribution in [2.75, 3.05) is 5.32 Å². The molecule has 2 aromatic rings. The topological polar surface area (TPSA) is 105 Å². The van der Waals surface area contributed by atoms with E-state index in [-0.39, 0.29) is 4.91 Å². The molecule has 2 aromatic carbocycles. The highest BCUT2D eigenvalue weighted by atomic mass is 35.5. The molecule has 0 spiro atoms. The first-order valence-electron chi connectivity index (χ1n) is 7.06. The quantitative estimate of drug-likeness (QED) is 0.432. The number of benzene rings is 2. The fraction of sp³-hybridized carbons (Fsp3) is 0. The van der Waals surface area contributed by atoms with Crippen LogP contribution in [0, 0.1) is 10.1 Å². The van der Waals surface area contributed by atoms with Gasteiger partial charge in [0.25, 0.3) is 5.91 Å². The van der Waals surface area contributed by atoms with Crippen LogP contribution in [0.2, 0.25) is 10.0 Å². The number of thioether (sulfide) groups is 1. The minimum atomic E-state index is -0.694. The molecule has 0 saturated heterocycles. The third kappa shape index (κ3) is 3.82. The van der Waals surface area contributed by atoms with E-state index in [2.05, 4.69) is 10.3 Å². The Bertz CT molecular complexity index is 971. The van der Waals surface area contributed by atoms with E-state index in [4.69, 9.17) is 23.2 Å². The number of nitrogens with zero attached hydrogens (tertiary/aromatic N) is 2. The Kier molecular flexibility index (Phi) is 5.17. The summed E-state index contributed by atoms with van der Waals surface area (Å²) in [7, 11) is 0. The van der Waals surface area contributed by atoms with E-state index < -0.39 is 22.3 Å². The van der Waals surface area contributed by atoms with Gasteiger partial charge in [-0.05, 0) is 47.7 Å². The molecule has 1 aliphatic heterocycles. The highest BCUT2D eigenvalue weighted by molar-refractivity contribution is 8.18. The maximum atomic E-state index is 12.1. The minimum absolute atomic E-state index is 0.281. The second kappa shape index (κ2) is 7.36. The molecular weight excluding hydrogens is 401 g/mol. The smallest absolute Gasteiger partial charge is 0.310 e. The van der Waals surface area contributed by atoms with Crippen molar-refractivity contribution in [2.45, 2.75) is 0 Å². The van der Waals surface area contributed by atoms with E-state index >= 15 is 0 Å². The number of aliphatic imine (C=N–C) groups is 1. The van der Waals surface area contributed by atoms with Crippen molar-refractivity contribution in [2.24, 2.45) is 4.99 Å². The van der Waals surface area contributed by atoms with Gasteiger partial charge in [0.2, 0.25) is 0 Å². The van der Waals surface area contributed by atoms with Crippen molar-refractivity contribution in [1.82, 2.24) is 0 Å². The van der Waals surface area contributed by atoms with E-state index in [1.54, 1.807) is 18.2 Å². The van der Waals surface area contributed by atoms with Gasteiger partial charge < -0.3 is 10.4 Å². The van der Waals surface area contributed by atoms with Crippen LogP contribution in [0.1, 0.15) is 5.56 Å². The number of carbonyl (C=O) groups excluding carboxylic acids is 1. The molecule has 26 heavy (non-hydrogen) atoms. The van der Waals surface area contributed by atoms with Crippen LogP contribution >= 0.6 is 35.0 Å². The normalized spacial score (nSPS) is 15.2. The third-order valence-corrected chi connectivity index (χ3v) is 4.84. The maximum absolute atomic E-state index is 12.1. The molecule has 0 aliphatic carbocycles. The van der Waals surface area contributed by atoms with Gasteiger partial charge in [-0.15, -0.1) is 0 Å². The number of rotatable bonds is 3. The van der Waals surface area contributed by atoms with E-state index in [9.17, 15) is 20.0 Å². The Morgan fingerprint density at radius 3 is 2.54 bits per heavy atom. The Morgan fingerprint density at radius 1 is 1.23 bits per heavy atom. The van der Waals surface area contributed by atoms with E-state index in [0.717, 1.165) is 17.8 Å². The lowest BCUT2D eigenvalue weighted by Gasteiger charge is -2.08. The van der Waals surface area contributed by atoms with Crippen molar-refractivity contribution in [3.8, 4) is 5.75 Å². The highest BCUT2D eigenvalue weighted by Gasteiger charge is 2.23. The Morgan fingerprint density at radius 2 is 1.92 bits per heavy atom. The summed E-state index contributed by atoms with van der Waals surface area (Å²) in [4.78, 5) is 26.3. The number of halogens is 2. The monoisotopic (exact) mass is 409 g/mol. The SMILES string of the molecule is O=C1N=C(Nc2c(Cl)cccc2Cl)S/C1=C\c1ccc([N+](=O)[O-])c(O)c1. The van der Waals surface area contributed by atoms with Gasteiger partial charge in [0.15, 0.2) is 10.9 Å². The van der Waals surface area contributed by atoms with Crippen LogP contribution in [0.3, 0.4) is 0 Å². The molecule has 0 aromatic heterocycles. The molecule has 3 rings (SSSR count). The van der Waals surface area contributed by atoms with Gasteiger partial charge in [-0.25, -0.2) is 0 Å². The van der Waals surface area contributed by atoms with E-state index in [1.807, 2.05) is 0 Å². The number of nitro benzene ring substituents is 1. The summed E-state index contributed by atoms with van der Waals surface area (Å²) in [6.45, 7) is 0. The molecule has 2 N–H and O–H groups in total. The molecule has 0 fully saturated rings. The van der Waals surface area contributed by atoms with Crippen molar-refractivity contribution in [3.05, 3.63) is 67.0 Å². The first kappa shape index (κ1) is 18.2. The van der Waals surface area contributed by atoms with Crippen LogP contribution in [0.4, 0.5) is 11.4 Å². The molecule has 132 valence electrons. The van der Waals surface area contributed by atoms with Crippen LogP contribution in [-0.2, 0) is 4.79 Å². The van der Waals surface area contributed by atoms with Gasteiger partial charge in [0.1, 0.15) is 0 Å². The van der Waals surface area contributed by atoms with Crippen LogP contribution in [0.15, 0.2) is 46.3 Å². The number of carbonyl (C=O) groups is 1. The fourth-order valence-corrected chi connectivity index (χ4v) is 3.43. The number of phenolic OH excluding ortho intramolecular Hbond substituents is 1. The standard InChI is InChI=1S/C16H9Cl2N3O4S/c17-9-2-1-3-10(18)14(9)19-16-20-15(23)13(26-16)7-8-4-5-11(21(24)25)12(22)6-8/h1-7,22H,(H,19,20,23)/b13-7-.